The molecule has 0 heterocycles. The number of hydrogen-bond acceptors (Lipinski definition) is 6. The molecule has 0 radical (unpaired) electrons. The van der Waals surface area contributed by atoms with Gasteiger partial charge in [0, 0.05) is 19.3 Å². The molecule has 0 spiro atoms. The topological polar surface area (TPSA) is 78.9 Å². The fourth-order valence-electron chi connectivity index (χ4n) is 8.85. The lowest BCUT2D eigenvalue weighted by molar-refractivity contribution is -0.167. The number of esters is 3. The van der Waals surface area contributed by atoms with Gasteiger partial charge in [-0.05, 0) is 44.9 Å². The van der Waals surface area contributed by atoms with Crippen LogP contribution in [0.25, 0.3) is 0 Å². The summed E-state index contributed by atoms with van der Waals surface area (Å²) in [6.45, 7) is 6.68. The van der Waals surface area contributed by atoms with E-state index in [9.17, 15) is 14.4 Å². The summed E-state index contributed by atoms with van der Waals surface area (Å²) in [7, 11) is 0. The summed E-state index contributed by atoms with van der Waals surface area (Å²) >= 11 is 0. The molecule has 0 aliphatic carbocycles. The SMILES string of the molecule is CCCCCC/C=C/CCCCCCCC(=O)OC[C@H](COC(=O)CCCCCCCCCCCCCCCCCCCCC)OC(=O)CCCCCCCCCCCCCCCCC. The van der Waals surface area contributed by atoms with Gasteiger partial charge in [0.05, 0.1) is 0 Å². The molecule has 0 fully saturated rings. The molecule has 0 amide bonds. The van der Waals surface area contributed by atoms with Gasteiger partial charge in [-0.25, -0.2) is 0 Å². The minimum atomic E-state index is -0.767. The van der Waals surface area contributed by atoms with Gasteiger partial charge in [-0.1, -0.05) is 277 Å². The third-order valence-corrected chi connectivity index (χ3v) is 13.3. The molecule has 384 valence electrons. The standard InChI is InChI=1S/C59H112O6/c1-4-7-10-13-16-19-22-25-27-28-29-30-32-34-37-40-43-46-49-52-58(61)64-55-56(54-63-57(60)51-48-45-42-39-36-33-24-21-18-15-12-9-6-3)65-59(62)53-50-47-44-41-38-35-31-26-23-20-17-14-11-8-5-2/h21,24,56H,4-20,22-23,25-55H2,1-3H3/b24-21+/t56-/m1/s1. The average molecular weight is 918 g/mol. The minimum Gasteiger partial charge on any atom is -0.462 e. The van der Waals surface area contributed by atoms with Gasteiger partial charge in [0.1, 0.15) is 13.2 Å². The summed E-state index contributed by atoms with van der Waals surface area (Å²) in [5, 5.41) is 0. The smallest absolute Gasteiger partial charge is 0.306 e. The normalized spacial score (nSPS) is 12.0. The number of carbonyl (C=O) groups is 3. The summed E-state index contributed by atoms with van der Waals surface area (Å²) in [5.74, 6) is -0.851. The maximum atomic E-state index is 12.8. The van der Waals surface area contributed by atoms with E-state index in [1.807, 2.05) is 0 Å². The van der Waals surface area contributed by atoms with Crippen LogP contribution in [0.2, 0.25) is 0 Å². The van der Waals surface area contributed by atoms with Gasteiger partial charge in [0.2, 0.25) is 0 Å². The Balaban J connectivity index is 4.28. The highest BCUT2D eigenvalue weighted by atomic mass is 16.6. The molecule has 0 aromatic heterocycles. The van der Waals surface area contributed by atoms with E-state index in [1.165, 1.54) is 225 Å². The lowest BCUT2D eigenvalue weighted by Gasteiger charge is -2.18. The van der Waals surface area contributed by atoms with E-state index in [1.54, 1.807) is 0 Å². The van der Waals surface area contributed by atoms with E-state index in [-0.39, 0.29) is 31.1 Å². The lowest BCUT2D eigenvalue weighted by Crippen LogP contribution is -2.30. The highest BCUT2D eigenvalue weighted by molar-refractivity contribution is 5.71. The van der Waals surface area contributed by atoms with Crippen molar-refractivity contribution in [2.45, 2.75) is 335 Å². The van der Waals surface area contributed by atoms with E-state index in [0.717, 1.165) is 64.2 Å². The number of ether oxygens (including phenoxy) is 3. The van der Waals surface area contributed by atoms with Crippen molar-refractivity contribution in [1.82, 2.24) is 0 Å². The van der Waals surface area contributed by atoms with Gasteiger partial charge in [-0.15, -0.1) is 0 Å². The Hall–Kier alpha value is -1.85. The van der Waals surface area contributed by atoms with Gasteiger partial charge < -0.3 is 14.2 Å². The van der Waals surface area contributed by atoms with Crippen molar-refractivity contribution >= 4 is 17.9 Å². The molecule has 0 aromatic rings. The van der Waals surface area contributed by atoms with Crippen LogP contribution in [0.3, 0.4) is 0 Å². The fourth-order valence-corrected chi connectivity index (χ4v) is 8.85. The summed E-state index contributed by atoms with van der Waals surface area (Å²) in [4.78, 5) is 38.1. The maximum absolute atomic E-state index is 12.8. The van der Waals surface area contributed by atoms with E-state index < -0.39 is 6.10 Å². The van der Waals surface area contributed by atoms with Crippen LogP contribution in [0.5, 0.6) is 0 Å². The maximum Gasteiger partial charge on any atom is 0.306 e. The molecule has 0 saturated heterocycles. The van der Waals surface area contributed by atoms with Crippen LogP contribution in [0.1, 0.15) is 329 Å². The fraction of sp³-hybridized carbons (Fsp3) is 0.915. The van der Waals surface area contributed by atoms with Crippen molar-refractivity contribution in [1.29, 1.82) is 0 Å². The predicted molar refractivity (Wildman–Crippen MR) is 280 cm³/mol. The zero-order valence-corrected chi connectivity index (χ0v) is 44.0. The first-order chi connectivity index (χ1) is 32.0. The molecular formula is C59H112O6. The quantitative estimate of drug-likeness (QED) is 0.0262. The van der Waals surface area contributed by atoms with Crippen molar-refractivity contribution in [2.75, 3.05) is 13.2 Å². The molecule has 0 aliphatic heterocycles. The van der Waals surface area contributed by atoms with E-state index in [2.05, 4.69) is 32.9 Å². The molecule has 6 nitrogen and oxygen atoms in total. The van der Waals surface area contributed by atoms with Crippen molar-refractivity contribution in [2.24, 2.45) is 0 Å². The van der Waals surface area contributed by atoms with Crippen LogP contribution in [0.4, 0.5) is 0 Å². The highest BCUT2D eigenvalue weighted by Gasteiger charge is 2.19. The van der Waals surface area contributed by atoms with Crippen molar-refractivity contribution in [3.63, 3.8) is 0 Å². The van der Waals surface area contributed by atoms with Gasteiger partial charge >= 0.3 is 17.9 Å². The molecule has 0 aromatic carbocycles. The van der Waals surface area contributed by atoms with Gasteiger partial charge in [-0.3, -0.25) is 14.4 Å². The number of rotatable bonds is 54. The Kier molecular flexibility index (Phi) is 53.2. The highest BCUT2D eigenvalue weighted by Crippen LogP contribution is 2.17. The van der Waals surface area contributed by atoms with Crippen LogP contribution >= 0.6 is 0 Å². The molecular weight excluding hydrogens is 805 g/mol. The molecule has 1 atom stereocenters. The minimum absolute atomic E-state index is 0.0664. The lowest BCUT2D eigenvalue weighted by atomic mass is 10.0. The van der Waals surface area contributed by atoms with Crippen molar-refractivity contribution in [3.05, 3.63) is 12.2 Å². The zero-order valence-electron chi connectivity index (χ0n) is 44.0. The third kappa shape index (κ3) is 53.0. The van der Waals surface area contributed by atoms with Gasteiger partial charge in [-0.2, -0.15) is 0 Å². The molecule has 0 saturated carbocycles. The Morgan fingerprint density at radius 2 is 0.508 bits per heavy atom. The van der Waals surface area contributed by atoms with Crippen LogP contribution in [-0.4, -0.2) is 37.2 Å². The molecule has 0 bridgehead atoms. The van der Waals surface area contributed by atoms with Gasteiger partial charge in [0.25, 0.3) is 0 Å². The summed E-state index contributed by atoms with van der Waals surface area (Å²) in [6.07, 6.45) is 62.0. The Morgan fingerprint density at radius 1 is 0.292 bits per heavy atom. The Morgan fingerprint density at radius 3 is 0.785 bits per heavy atom. The van der Waals surface area contributed by atoms with Crippen LogP contribution < -0.4 is 0 Å². The first kappa shape index (κ1) is 63.1. The first-order valence-corrected chi connectivity index (χ1v) is 29.2. The Labute approximate surface area is 405 Å². The second-order valence-corrected chi connectivity index (χ2v) is 19.9. The van der Waals surface area contributed by atoms with E-state index >= 15 is 0 Å². The average Bonchev–Trinajstić information content (AvgIpc) is 3.30. The monoisotopic (exact) mass is 917 g/mol. The predicted octanol–water partition coefficient (Wildman–Crippen LogP) is 19.3. The van der Waals surface area contributed by atoms with Crippen molar-refractivity contribution < 1.29 is 28.6 Å². The zero-order chi connectivity index (χ0) is 47.2. The second kappa shape index (κ2) is 54.8. The Bertz CT molecular complexity index is 1010. The number of hydrogen-bond donors (Lipinski definition) is 0. The second-order valence-electron chi connectivity index (χ2n) is 19.9. The van der Waals surface area contributed by atoms with E-state index in [4.69, 9.17) is 14.2 Å². The van der Waals surface area contributed by atoms with Crippen LogP contribution in [0.15, 0.2) is 12.2 Å². The molecule has 0 unspecified atom stereocenters. The number of unbranched alkanes of at least 4 members (excludes halogenated alkanes) is 41. The summed E-state index contributed by atoms with van der Waals surface area (Å²) < 4.78 is 16.9. The van der Waals surface area contributed by atoms with Crippen molar-refractivity contribution in [3.8, 4) is 0 Å². The number of allylic oxidation sites excluding steroid dienone is 2. The molecule has 0 aliphatic rings. The van der Waals surface area contributed by atoms with Crippen LogP contribution in [0, 0.1) is 0 Å². The number of carbonyl (C=O) groups excluding carboxylic acids is 3. The molecule has 6 heteroatoms. The van der Waals surface area contributed by atoms with E-state index in [0.29, 0.717) is 19.3 Å². The molecule has 0 N–H and O–H groups in total. The largest absolute Gasteiger partial charge is 0.462 e. The van der Waals surface area contributed by atoms with Gasteiger partial charge in [0.15, 0.2) is 6.10 Å². The molecule has 65 heavy (non-hydrogen) atoms. The summed E-state index contributed by atoms with van der Waals surface area (Å²) in [6, 6.07) is 0. The molecule has 0 rings (SSSR count). The third-order valence-electron chi connectivity index (χ3n) is 13.3. The first-order valence-electron chi connectivity index (χ1n) is 29.2. The van der Waals surface area contributed by atoms with Crippen LogP contribution in [-0.2, 0) is 28.6 Å². The summed E-state index contributed by atoms with van der Waals surface area (Å²) in [5.41, 5.74) is 0.